The summed E-state index contributed by atoms with van der Waals surface area (Å²) in [4.78, 5) is 21.0. The monoisotopic (exact) mass is 162 g/mol. The summed E-state index contributed by atoms with van der Waals surface area (Å²) < 4.78 is 0. The van der Waals surface area contributed by atoms with E-state index in [9.17, 15) is 9.59 Å². The molecule has 0 aliphatic rings. The molecule has 0 aromatic rings. The first kappa shape index (κ1) is 9.65. The topological polar surface area (TPSA) is 54.4 Å². The maximum Gasteiger partial charge on any atom is 0.196 e. The molecule has 0 aliphatic heterocycles. The molecule has 0 aromatic heterocycles. The molecular weight excluding hydrogens is 152 g/mol. The molecule has 4 heteroatoms. The summed E-state index contributed by atoms with van der Waals surface area (Å²) >= 11 is 0.995. The van der Waals surface area contributed by atoms with Gasteiger partial charge in [0, 0.05) is 5.75 Å². The largest absolute Gasteiger partial charge is 0.396 e. The number of hydrogen-bond acceptors (Lipinski definition) is 4. The number of Topliss-reactive ketones (excluding diaryl/α,β-unsaturated/α-hetero) is 1. The normalized spacial score (nSPS) is 9.40. The van der Waals surface area contributed by atoms with Gasteiger partial charge in [-0.2, -0.15) is 0 Å². The summed E-state index contributed by atoms with van der Waals surface area (Å²) in [7, 11) is 0. The van der Waals surface area contributed by atoms with E-state index in [0.717, 1.165) is 11.8 Å². The number of rotatable bonds is 4. The number of ketones is 1. The zero-order chi connectivity index (χ0) is 7.98. The predicted molar refractivity (Wildman–Crippen MR) is 39.8 cm³/mol. The van der Waals surface area contributed by atoms with Gasteiger partial charge in [0.25, 0.3) is 0 Å². The van der Waals surface area contributed by atoms with Crippen LogP contribution in [-0.2, 0) is 9.59 Å². The number of carbonyl (C=O) groups is 2. The van der Waals surface area contributed by atoms with Crippen LogP contribution in [0.25, 0.3) is 0 Å². The first-order valence-electron chi connectivity index (χ1n) is 2.92. The molecule has 0 aromatic carbocycles. The molecule has 0 heterocycles. The molecule has 0 aliphatic carbocycles. The molecule has 0 spiro atoms. The standard InChI is InChI=1S/C6H10O3S/c1-5(8)4-6(9)10-3-2-7/h7H,2-4H2,1H3. The second-order valence-electron chi connectivity index (χ2n) is 1.82. The van der Waals surface area contributed by atoms with E-state index in [1.54, 1.807) is 0 Å². The Morgan fingerprint density at radius 2 is 2.10 bits per heavy atom. The van der Waals surface area contributed by atoms with E-state index in [-0.39, 0.29) is 23.9 Å². The smallest absolute Gasteiger partial charge is 0.196 e. The third kappa shape index (κ3) is 5.78. The molecule has 0 rings (SSSR count). The van der Waals surface area contributed by atoms with Crippen LogP contribution >= 0.6 is 11.8 Å². The predicted octanol–water partition coefficient (Wildman–Crippen LogP) is 0.218. The lowest BCUT2D eigenvalue weighted by Gasteiger charge is -1.93. The van der Waals surface area contributed by atoms with Gasteiger partial charge in [-0.15, -0.1) is 0 Å². The molecule has 0 atom stereocenters. The van der Waals surface area contributed by atoms with Crippen molar-refractivity contribution in [1.29, 1.82) is 0 Å². The van der Waals surface area contributed by atoms with Crippen LogP contribution in [0.4, 0.5) is 0 Å². The van der Waals surface area contributed by atoms with Gasteiger partial charge in [-0.05, 0) is 6.92 Å². The lowest BCUT2D eigenvalue weighted by molar-refractivity contribution is -0.121. The first-order chi connectivity index (χ1) is 4.66. The third-order valence-corrected chi connectivity index (χ3v) is 1.60. The van der Waals surface area contributed by atoms with Crippen molar-refractivity contribution >= 4 is 22.7 Å². The minimum Gasteiger partial charge on any atom is -0.396 e. The number of thioether (sulfide) groups is 1. The summed E-state index contributed by atoms with van der Waals surface area (Å²) in [5.74, 6) is 0.252. The van der Waals surface area contributed by atoms with Crippen molar-refractivity contribution in [3.8, 4) is 0 Å². The average molecular weight is 162 g/mol. The second-order valence-corrected chi connectivity index (χ2v) is 2.98. The van der Waals surface area contributed by atoms with Gasteiger partial charge in [0.2, 0.25) is 0 Å². The van der Waals surface area contributed by atoms with Crippen molar-refractivity contribution < 1.29 is 14.7 Å². The van der Waals surface area contributed by atoms with Gasteiger partial charge in [0.15, 0.2) is 5.12 Å². The number of carbonyl (C=O) groups excluding carboxylic acids is 2. The first-order valence-corrected chi connectivity index (χ1v) is 3.91. The highest BCUT2D eigenvalue weighted by Crippen LogP contribution is 2.03. The maximum absolute atomic E-state index is 10.6. The molecule has 3 nitrogen and oxygen atoms in total. The molecule has 0 unspecified atom stereocenters. The molecule has 0 amide bonds. The van der Waals surface area contributed by atoms with E-state index in [0.29, 0.717) is 5.75 Å². The fraction of sp³-hybridized carbons (Fsp3) is 0.667. The fourth-order valence-corrected chi connectivity index (χ4v) is 1.04. The zero-order valence-corrected chi connectivity index (χ0v) is 6.61. The molecule has 0 saturated heterocycles. The highest BCUT2D eigenvalue weighted by Gasteiger charge is 2.04. The Morgan fingerprint density at radius 3 is 2.50 bits per heavy atom. The van der Waals surface area contributed by atoms with Crippen molar-refractivity contribution in [1.82, 2.24) is 0 Å². The van der Waals surface area contributed by atoms with E-state index >= 15 is 0 Å². The molecule has 58 valence electrons. The molecule has 10 heavy (non-hydrogen) atoms. The van der Waals surface area contributed by atoms with E-state index < -0.39 is 0 Å². The number of aliphatic hydroxyl groups excluding tert-OH is 1. The fourth-order valence-electron chi connectivity index (χ4n) is 0.414. The average Bonchev–Trinajstić information content (AvgIpc) is 1.82. The van der Waals surface area contributed by atoms with Crippen LogP contribution in [0, 0.1) is 0 Å². The Hall–Kier alpha value is -0.350. The van der Waals surface area contributed by atoms with E-state index in [1.165, 1.54) is 6.92 Å². The van der Waals surface area contributed by atoms with Crippen LogP contribution in [0.3, 0.4) is 0 Å². The number of aliphatic hydroxyl groups is 1. The van der Waals surface area contributed by atoms with Crippen LogP contribution < -0.4 is 0 Å². The van der Waals surface area contributed by atoms with Gasteiger partial charge in [-0.25, -0.2) is 0 Å². The van der Waals surface area contributed by atoms with E-state index in [2.05, 4.69) is 0 Å². The molecular formula is C6H10O3S. The summed E-state index contributed by atoms with van der Waals surface area (Å²) in [6.07, 6.45) is -0.0231. The Balaban J connectivity index is 3.35. The molecule has 1 N–H and O–H groups in total. The van der Waals surface area contributed by atoms with E-state index in [4.69, 9.17) is 5.11 Å². The highest BCUT2D eigenvalue weighted by molar-refractivity contribution is 8.13. The van der Waals surface area contributed by atoms with Crippen LogP contribution in [-0.4, -0.2) is 28.4 Å². The van der Waals surface area contributed by atoms with Crippen molar-refractivity contribution in [2.24, 2.45) is 0 Å². The summed E-state index contributed by atoms with van der Waals surface area (Å²) in [6, 6.07) is 0. The third-order valence-electron chi connectivity index (χ3n) is 0.748. The van der Waals surface area contributed by atoms with Crippen molar-refractivity contribution in [3.05, 3.63) is 0 Å². The van der Waals surface area contributed by atoms with Gasteiger partial charge in [-0.1, -0.05) is 11.8 Å². The SMILES string of the molecule is CC(=O)CC(=O)SCCO. The van der Waals surface area contributed by atoms with Crippen LogP contribution in [0.15, 0.2) is 0 Å². The van der Waals surface area contributed by atoms with Crippen LogP contribution in [0.2, 0.25) is 0 Å². The Kier molecular flexibility index (Phi) is 5.25. The van der Waals surface area contributed by atoms with Crippen molar-refractivity contribution in [2.45, 2.75) is 13.3 Å². The van der Waals surface area contributed by atoms with E-state index in [1.807, 2.05) is 0 Å². The lowest BCUT2D eigenvalue weighted by Crippen LogP contribution is -2.01. The van der Waals surface area contributed by atoms with Gasteiger partial charge < -0.3 is 5.11 Å². The van der Waals surface area contributed by atoms with Gasteiger partial charge >= 0.3 is 0 Å². The summed E-state index contributed by atoms with van der Waals surface area (Å²) in [5.41, 5.74) is 0. The quantitative estimate of drug-likeness (QED) is 0.601. The minimum atomic E-state index is -0.165. The van der Waals surface area contributed by atoms with Crippen molar-refractivity contribution in [2.75, 3.05) is 12.4 Å². The minimum absolute atomic E-state index is 0.0195. The molecule has 0 bridgehead atoms. The Labute approximate surface area is 63.8 Å². The van der Waals surface area contributed by atoms with Crippen LogP contribution in [0.1, 0.15) is 13.3 Å². The lowest BCUT2D eigenvalue weighted by atomic mass is 10.3. The Morgan fingerprint density at radius 1 is 1.50 bits per heavy atom. The molecule has 0 radical (unpaired) electrons. The van der Waals surface area contributed by atoms with Crippen LogP contribution in [0.5, 0.6) is 0 Å². The maximum atomic E-state index is 10.6. The Bertz CT molecular complexity index is 133. The number of hydrogen-bond donors (Lipinski definition) is 1. The molecule has 0 saturated carbocycles. The van der Waals surface area contributed by atoms with Gasteiger partial charge in [0.1, 0.15) is 5.78 Å². The van der Waals surface area contributed by atoms with Crippen molar-refractivity contribution in [3.63, 3.8) is 0 Å². The summed E-state index contributed by atoms with van der Waals surface area (Å²) in [5, 5.41) is 8.13. The summed E-state index contributed by atoms with van der Waals surface area (Å²) in [6.45, 7) is 1.35. The van der Waals surface area contributed by atoms with Gasteiger partial charge in [0.05, 0.1) is 13.0 Å². The van der Waals surface area contributed by atoms with Gasteiger partial charge in [-0.3, -0.25) is 9.59 Å². The highest BCUT2D eigenvalue weighted by atomic mass is 32.2. The zero-order valence-electron chi connectivity index (χ0n) is 5.79. The second kappa shape index (κ2) is 5.44. The molecule has 0 fully saturated rings.